The molecule has 0 aromatic heterocycles. The quantitative estimate of drug-likeness (QED) is 0.180. The summed E-state index contributed by atoms with van der Waals surface area (Å²) in [6, 6.07) is 29.1. The van der Waals surface area contributed by atoms with Crippen LogP contribution in [0.2, 0.25) is 10.0 Å². The smallest absolute Gasteiger partial charge is 0.247 e. The monoisotopic (exact) mass is 637 g/mol. The van der Waals surface area contributed by atoms with Gasteiger partial charge in [-0.25, -0.2) is 13.1 Å². The highest BCUT2D eigenvalue weighted by Gasteiger charge is 2.31. The van der Waals surface area contributed by atoms with E-state index in [0.29, 0.717) is 22.0 Å². The number of hydrogen-bond acceptors (Lipinski definition) is 4. The second-order valence-electron chi connectivity index (χ2n) is 9.92. The van der Waals surface area contributed by atoms with E-state index in [1.54, 1.807) is 42.2 Å². The molecule has 0 heterocycles. The van der Waals surface area contributed by atoms with Crippen LogP contribution in [0.3, 0.4) is 0 Å². The third-order valence-corrected chi connectivity index (χ3v) is 9.05. The second kappa shape index (κ2) is 15.2. The predicted octanol–water partition coefficient (Wildman–Crippen LogP) is 6.31. The van der Waals surface area contributed by atoms with E-state index in [4.69, 9.17) is 23.2 Å². The first-order chi connectivity index (χ1) is 20.7. The van der Waals surface area contributed by atoms with Crippen LogP contribution in [-0.2, 0) is 39.1 Å². The number of carbonyl (C=O) groups excluding carboxylic acids is 2. The lowest BCUT2D eigenvalue weighted by atomic mass is 10.0. The van der Waals surface area contributed by atoms with Crippen molar-refractivity contribution in [3.8, 4) is 0 Å². The van der Waals surface area contributed by atoms with Crippen LogP contribution >= 0.6 is 23.2 Å². The van der Waals surface area contributed by atoms with Crippen molar-refractivity contribution in [1.29, 1.82) is 0 Å². The third kappa shape index (κ3) is 8.91. The first-order valence-corrected chi connectivity index (χ1v) is 16.1. The van der Waals surface area contributed by atoms with Gasteiger partial charge in [0, 0.05) is 36.1 Å². The van der Waals surface area contributed by atoms with Gasteiger partial charge in [0.25, 0.3) is 0 Å². The number of hydrogen-bond donors (Lipinski definition) is 2. The van der Waals surface area contributed by atoms with Crippen molar-refractivity contribution in [2.45, 2.75) is 43.8 Å². The Labute approximate surface area is 262 Å². The molecule has 0 saturated heterocycles. The van der Waals surface area contributed by atoms with E-state index in [0.717, 1.165) is 16.7 Å². The molecule has 2 amide bonds. The lowest BCUT2D eigenvalue weighted by molar-refractivity contribution is -0.141. The fourth-order valence-corrected chi connectivity index (χ4v) is 6.01. The number of nitrogens with zero attached hydrogens (tertiary/aromatic N) is 1. The summed E-state index contributed by atoms with van der Waals surface area (Å²) in [6.07, 6.45) is 0.467. The van der Waals surface area contributed by atoms with Crippen molar-refractivity contribution >= 4 is 45.0 Å². The van der Waals surface area contributed by atoms with Crippen LogP contribution in [0.25, 0.3) is 0 Å². The Balaban J connectivity index is 1.60. The van der Waals surface area contributed by atoms with Crippen LogP contribution in [0.4, 0.5) is 0 Å². The van der Waals surface area contributed by atoms with Gasteiger partial charge in [-0.2, -0.15) is 0 Å². The maximum absolute atomic E-state index is 13.9. The molecular weight excluding hydrogens is 605 g/mol. The number of amides is 2. The molecule has 0 radical (unpaired) electrons. The van der Waals surface area contributed by atoms with Crippen molar-refractivity contribution < 1.29 is 18.0 Å². The van der Waals surface area contributed by atoms with Crippen molar-refractivity contribution in [2.24, 2.45) is 0 Å². The zero-order valence-corrected chi connectivity index (χ0v) is 26.0. The molecule has 43 heavy (non-hydrogen) atoms. The SMILES string of the molecule is CCNS(=O)(=O)c1ccc(CCC(=O)N(Cc2ccc(Cl)cc2)[C@@H](C(=O)NCc2ccccc2Cl)c2ccccc2)cc1. The van der Waals surface area contributed by atoms with Gasteiger partial charge in [0.1, 0.15) is 6.04 Å². The van der Waals surface area contributed by atoms with E-state index < -0.39 is 16.1 Å². The molecule has 10 heteroatoms. The van der Waals surface area contributed by atoms with Gasteiger partial charge in [-0.05, 0) is 59.0 Å². The first kappa shape index (κ1) is 32.2. The van der Waals surface area contributed by atoms with Crippen LogP contribution < -0.4 is 10.0 Å². The van der Waals surface area contributed by atoms with E-state index in [1.165, 1.54) is 12.1 Å². The van der Waals surface area contributed by atoms with Gasteiger partial charge in [-0.3, -0.25) is 9.59 Å². The minimum atomic E-state index is -3.58. The molecule has 2 N–H and O–H groups in total. The largest absolute Gasteiger partial charge is 0.350 e. The molecule has 4 aromatic carbocycles. The summed E-state index contributed by atoms with van der Waals surface area (Å²) in [4.78, 5) is 29.5. The van der Waals surface area contributed by atoms with E-state index in [1.807, 2.05) is 60.7 Å². The highest BCUT2D eigenvalue weighted by molar-refractivity contribution is 7.89. The summed E-state index contributed by atoms with van der Waals surface area (Å²) in [7, 11) is -3.58. The summed E-state index contributed by atoms with van der Waals surface area (Å²) in [5.41, 5.74) is 3.05. The maximum Gasteiger partial charge on any atom is 0.247 e. The number of rotatable bonds is 13. The minimum Gasteiger partial charge on any atom is -0.350 e. The zero-order chi connectivity index (χ0) is 30.8. The summed E-state index contributed by atoms with van der Waals surface area (Å²) in [5.74, 6) is -0.576. The van der Waals surface area contributed by atoms with Crippen molar-refractivity contribution in [3.05, 3.63) is 135 Å². The molecule has 0 aliphatic carbocycles. The number of aryl methyl sites for hydroxylation is 1. The summed E-state index contributed by atoms with van der Waals surface area (Å²) in [6.45, 7) is 2.38. The lowest BCUT2D eigenvalue weighted by Gasteiger charge is -2.32. The van der Waals surface area contributed by atoms with Crippen LogP contribution in [0.1, 0.15) is 41.6 Å². The molecule has 1 atom stereocenters. The number of nitrogens with one attached hydrogen (secondary N) is 2. The number of carbonyl (C=O) groups is 2. The van der Waals surface area contributed by atoms with Gasteiger partial charge >= 0.3 is 0 Å². The molecule has 0 unspecified atom stereocenters. The van der Waals surface area contributed by atoms with Gasteiger partial charge in [0.15, 0.2) is 0 Å². The molecule has 0 spiro atoms. The number of sulfonamides is 1. The van der Waals surface area contributed by atoms with Crippen molar-refractivity contribution in [1.82, 2.24) is 14.9 Å². The summed E-state index contributed by atoms with van der Waals surface area (Å²) < 4.78 is 27.1. The number of benzene rings is 4. The summed E-state index contributed by atoms with van der Waals surface area (Å²) >= 11 is 12.4. The molecule has 0 fully saturated rings. The van der Waals surface area contributed by atoms with Gasteiger partial charge in [0.05, 0.1) is 4.90 Å². The summed E-state index contributed by atoms with van der Waals surface area (Å²) in [5, 5.41) is 4.08. The molecule has 7 nitrogen and oxygen atoms in total. The highest BCUT2D eigenvalue weighted by Crippen LogP contribution is 2.26. The molecule has 0 bridgehead atoms. The van der Waals surface area contributed by atoms with E-state index >= 15 is 0 Å². The third-order valence-electron chi connectivity index (χ3n) is 6.87. The molecule has 4 rings (SSSR count). The highest BCUT2D eigenvalue weighted by atomic mass is 35.5. The van der Waals surface area contributed by atoms with Crippen LogP contribution in [0.15, 0.2) is 108 Å². The van der Waals surface area contributed by atoms with Crippen LogP contribution in [0.5, 0.6) is 0 Å². The van der Waals surface area contributed by atoms with Gasteiger partial charge in [-0.15, -0.1) is 0 Å². The Morgan fingerprint density at radius 3 is 2.09 bits per heavy atom. The van der Waals surface area contributed by atoms with E-state index in [9.17, 15) is 18.0 Å². The lowest BCUT2D eigenvalue weighted by Crippen LogP contribution is -2.43. The van der Waals surface area contributed by atoms with E-state index in [2.05, 4.69) is 10.0 Å². The number of halogens is 2. The zero-order valence-electron chi connectivity index (χ0n) is 23.7. The Kier molecular flexibility index (Phi) is 11.4. The molecule has 224 valence electrons. The first-order valence-electron chi connectivity index (χ1n) is 13.9. The average molecular weight is 639 g/mol. The van der Waals surface area contributed by atoms with Crippen molar-refractivity contribution in [3.63, 3.8) is 0 Å². The fraction of sp³-hybridized carbons (Fsp3) is 0.212. The van der Waals surface area contributed by atoms with E-state index in [-0.39, 0.29) is 42.8 Å². The van der Waals surface area contributed by atoms with Gasteiger partial charge < -0.3 is 10.2 Å². The topological polar surface area (TPSA) is 95.6 Å². The second-order valence-corrected chi connectivity index (χ2v) is 12.5. The van der Waals surface area contributed by atoms with Crippen LogP contribution in [-0.4, -0.2) is 31.7 Å². The minimum absolute atomic E-state index is 0.105. The van der Waals surface area contributed by atoms with Gasteiger partial charge in [0.2, 0.25) is 21.8 Å². The van der Waals surface area contributed by atoms with Gasteiger partial charge in [-0.1, -0.05) is 103 Å². The Hall–Kier alpha value is -3.69. The molecule has 0 aliphatic heterocycles. The molecule has 0 aliphatic rings. The molecule has 4 aromatic rings. The standard InChI is InChI=1S/C33H33Cl2N3O4S/c1-2-37-43(41,42)29-19-14-24(15-20-29)16-21-31(39)38(23-25-12-17-28(34)18-13-25)32(26-8-4-3-5-9-26)33(40)36-22-27-10-6-7-11-30(27)35/h3-15,17-20,32,37H,2,16,21-23H2,1H3,(H,36,40)/t32-/m1/s1. The Morgan fingerprint density at radius 2 is 1.44 bits per heavy atom. The van der Waals surface area contributed by atoms with Crippen LogP contribution in [0, 0.1) is 0 Å². The Morgan fingerprint density at radius 1 is 0.814 bits per heavy atom. The predicted molar refractivity (Wildman–Crippen MR) is 170 cm³/mol. The molecule has 0 saturated carbocycles. The fourth-order valence-electron chi connectivity index (χ4n) is 4.64. The average Bonchev–Trinajstić information content (AvgIpc) is 3.01. The normalized spacial score (nSPS) is 12.0. The van der Waals surface area contributed by atoms with Crippen molar-refractivity contribution in [2.75, 3.05) is 6.54 Å². The molecular formula is C33H33Cl2N3O4S. The Bertz CT molecular complexity index is 1630. The maximum atomic E-state index is 13.9.